The number of hydrogen-bond donors (Lipinski definition) is 1. The van der Waals surface area contributed by atoms with Gasteiger partial charge in [0.15, 0.2) is 11.5 Å². The Morgan fingerprint density at radius 2 is 1.88 bits per heavy atom. The number of furan rings is 1. The van der Waals surface area contributed by atoms with E-state index in [-0.39, 0.29) is 11.9 Å². The van der Waals surface area contributed by atoms with Gasteiger partial charge < -0.3 is 19.0 Å². The molecule has 0 radical (unpaired) electrons. The summed E-state index contributed by atoms with van der Waals surface area (Å²) in [6.07, 6.45) is 3.10. The Morgan fingerprint density at radius 3 is 2.56 bits per heavy atom. The van der Waals surface area contributed by atoms with Crippen molar-refractivity contribution in [2.75, 3.05) is 26.3 Å². The molecule has 1 N–H and O–H groups in total. The Kier molecular flexibility index (Phi) is 4.96. The molecule has 10 heteroatoms. The van der Waals surface area contributed by atoms with Gasteiger partial charge in [0.1, 0.15) is 0 Å². The maximum Gasteiger partial charge on any atom is 0.230 e. The van der Waals surface area contributed by atoms with Crippen LogP contribution in [-0.2, 0) is 9.47 Å². The van der Waals surface area contributed by atoms with Crippen molar-refractivity contribution in [3.05, 3.63) is 58.1 Å². The van der Waals surface area contributed by atoms with E-state index in [0.717, 1.165) is 36.4 Å². The van der Waals surface area contributed by atoms with Crippen LogP contribution < -0.4 is 0 Å². The van der Waals surface area contributed by atoms with Crippen molar-refractivity contribution < 1.29 is 19.0 Å². The summed E-state index contributed by atoms with van der Waals surface area (Å²) in [5.41, 5.74) is 0.935. The first-order valence-electron chi connectivity index (χ1n) is 10.5. The van der Waals surface area contributed by atoms with Crippen LogP contribution in [0.15, 0.2) is 47.1 Å². The van der Waals surface area contributed by atoms with E-state index in [1.165, 1.54) is 15.9 Å². The minimum atomic E-state index is -0.479. The maximum absolute atomic E-state index is 11.2. The topological polar surface area (TPSA) is 85.3 Å². The van der Waals surface area contributed by atoms with E-state index < -0.39 is 5.79 Å². The summed E-state index contributed by atoms with van der Waals surface area (Å²) >= 11 is 8.03. The Balaban J connectivity index is 1.39. The van der Waals surface area contributed by atoms with Crippen molar-refractivity contribution in [3.63, 3.8) is 0 Å². The van der Waals surface area contributed by atoms with Crippen LogP contribution in [0.5, 0.6) is 5.88 Å². The zero-order valence-corrected chi connectivity index (χ0v) is 18.7. The Labute approximate surface area is 192 Å². The fraction of sp³-hybridized carbons (Fsp3) is 0.364. The number of ether oxygens (including phenoxy) is 2. The number of hydrogen-bond acceptors (Lipinski definition) is 8. The number of aromatic hydroxyl groups is 1. The number of fused-ring (bicyclic) bond motifs is 1. The summed E-state index contributed by atoms with van der Waals surface area (Å²) in [6, 6.07) is 11.1. The number of aromatic nitrogens is 3. The van der Waals surface area contributed by atoms with Crippen LogP contribution in [0, 0.1) is 0 Å². The predicted molar refractivity (Wildman–Crippen MR) is 119 cm³/mol. The van der Waals surface area contributed by atoms with Gasteiger partial charge in [-0.1, -0.05) is 41.1 Å². The molecule has 0 saturated carbocycles. The number of nitrogens with zero attached hydrogens (tertiary/aromatic N) is 4. The quantitative estimate of drug-likeness (QED) is 0.473. The second-order valence-corrected chi connectivity index (χ2v) is 9.38. The zero-order valence-electron chi connectivity index (χ0n) is 17.1. The zero-order chi connectivity index (χ0) is 21.7. The van der Waals surface area contributed by atoms with Crippen LogP contribution in [0.2, 0.25) is 5.02 Å². The standard InChI is InChI=1S/C22H21ClN4O4S/c23-15-5-2-1-4-14(15)17(26-9-7-22(8-10-26)30-12-13-31-22)18-20(28)27-21(32-18)24-19(25-27)16-6-3-11-29-16/h1-6,11,17,28H,7-10,12-13H2/t17-/m1/s1. The molecule has 4 aromatic rings. The normalized spacial score (nSPS) is 19.8. The molecule has 0 amide bonds. The van der Waals surface area contributed by atoms with Gasteiger partial charge in [0, 0.05) is 31.0 Å². The van der Waals surface area contributed by atoms with E-state index in [0.29, 0.717) is 34.8 Å². The van der Waals surface area contributed by atoms with Gasteiger partial charge in [0.05, 0.1) is 30.4 Å². The summed E-state index contributed by atoms with van der Waals surface area (Å²) in [7, 11) is 0. The molecule has 2 fully saturated rings. The van der Waals surface area contributed by atoms with Gasteiger partial charge in [0.25, 0.3) is 0 Å². The van der Waals surface area contributed by atoms with E-state index in [2.05, 4.69) is 15.0 Å². The second kappa shape index (κ2) is 7.86. The van der Waals surface area contributed by atoms with Crippen molar-refractivity contribution in [1.29, 1.82) is 0 Å². The summed E-state index contributed by atoms with van der Waals surface area (Å²) in [6.45, 7) is 2.78. The van der Waals surface area contributed by atoms with Gasteiger partial charge in [-0.3, -0.25) is 4.90 Å². The molecule has 166 valence electrons. The fourth-order valence-electron chi connectivity index (χ4n) is 4.55. The van der Waals surface area contributed by atoms with E-state index in [1.807, 2.05) is 24.3 Å². The van der Waals surface area contributed by atoms with Crippen molar-refractivity contribution in [2.45, 2.75) is 24.7 Å². The average molecular weight is 473 g/mol. The largest absolute Gasteiger partial charge is 0.492 e. The molecule has 1 spiro atoms. The molecule has 2 aliphatic rings. The fourth-order valence-corrected chi connectivity index (χ4v) is 5.89. The van der Waals surface area contributed by atoms with E-state index in [1.54, 1.807) is 18.4 Å². The molecule has 8 nitrogen and oxygen atoms in total. The summed E-state index contributed by atoms with van der Waals surface area (Å²) in [5, 5.41) is 16.3. The highest BCUT2D eigenvalue weighted by atomic mass is 35.5. The van der Waals surface area contributed by atoms with Crippen LogP contribution >= 0.6 is 22.9 Å². The summed E-state index contributed by atoms with van der Waals surface area (Å²) in [5.74, 6) is 0.580. The van der Waals surface area contributed by atoms with Gasteiger partial charge in [0.2, 0.25) is 16.7 Å². The van der Waals surface area contributed by atoms with Gasteiger partial charge in [-0.15, -0.1) is 5.10 Å². The number of halogens is 1. The molecule has 0 bridgehead atoms. The third kappa shape index (κ3) is 3.32. The van der Waals surface area contributed by atoms with Crippen LogP contribution in [-0.4, -0.2) is 56.7 Å². The van der Waals surface area contributed by atoms with Crippen LogP contribution in [0.25, 0.3) is 16.5 Å². The molecule has 2 aliphatic heterocycles. The second-order valence-electron chi connectivity index (χ2n) is 7.96. The number of benzene rings is 1. The van der Waals surface area contributed by atoms with E-state index in [9.17, 15) is 5.11 Å². The van der Waals surface area contributed by atoms with E-state index in [4.69, 9.17) is 25.5 Å². The molecule has 32 heavy (non-hydrogen) atoms. The lowest BCUT2D eigenvalue weighted by atomic mass is 9.97. The Bertz CT molecular complexity index is 1240. The number of rotatable bonds is 4. The Hall–Kier alpha value is -2.43. The molecule has 0 aliphatic carbocycles. The lowest BCUT2D eigenvalue weighted by molar-refractivity contribution is -0.187. The lowest BCUT2D eigenvalue weighted by Gasteiger charge is -2.41. The van der Waals surface area contributed by atoms with Gasteiger partial charge in [-0.05, 0) is 23.8 Å². The molecular formula is C22H21ClN4O4S. The Morgan fingerprint density at radius 1 is 1.09 bits per heavy atom. The minimum absolute atomic E-state index is 0.0638. The minimum Gasteiger partial charge on any atom is -0.492 e. The molecule has 3 aromatic heterocycles. The van der Waals surface area contributed by atoms with E-state index >= 15 is 0 Å². The highest BCUT2D eigenvalue weighted by Crippen LogP contribution is 2.44. The predicted octanol–water partition coefficient (Wildman–Crippen LogP) is 4.34. The molecule has 2 saturated heterocycles. The van der Waals surface area contributed by atoms with Crippen LogP contribution in [0.4, 0.5) is 0 Å². The van der Waals surface area contributed by atoms with Crippen molar-refractivity contribution >= 4 is 27.9 Å². The molecule has 1 atom stereocenters. The van der Waals surface area contributed by atoms with Crippen molar-refractivity contribution in [1.82, 2.24) is 19.5 Å². The third-order valence-corrected chi connectivity index (χ3v) is 7.54. The van der Waals surface area contributed by atoms with Crippen LogP contribution in [0.1, 0.15) is 29.3 Å². The molecule has 1 aromatic carbocycles. The van der Waals surface area contributed by atoms with Crippen molar-refractivity contribution in [3.8, 4) is 17.5 Å². The first-order valence-corrected chi connectivity index (χ1v) is 11.7. The molecule has 0 unspecified atom stereocenters. The highest BCUT2D eigenvalue weighted by molar-refractivity contribution is 7.17. The van der Waals surface area contributed by atoms with Crippen molar-refractivity contribution in [2.24, 2.45) is 0 Å². The van der Waals surface area contributed by atoms with Gasteiger partial charge in [-0.25, -0.2) is 0 Å². The number of likely N-dealkylation sites (tertiary alicyclic amines) is 1. The SMILES string of the molecule is Oc1c([C@@H](c2ccccc2Cl)N2CCC3(CC2)OCCO3)sc2nc(-c3ccco3)nn12. The molecular weight excluding hydrogens is 452 g/mol. The molecule has 6 rings (SSSR count). The van der Waals surface area contributed by atoms with Gasteiger partial charge in [-0.2, -0.15) is 9.50 Å². The number of thiazole rings is 1. The first-order chi connectivity index (χ1) is 15.6. The monoisotopic (exact) mass is 472 g/mol. The molecule has 5 heterocycles. The first kappa shape index (κ1) is 20.2. The number of piperidine rings is 1. The lowest BCUT2D eigenvalue weighted by Crippen LogP contribution is -2.46. The average Bonchev–Trinajstić information content (AvgIpc) is 3.59. The van der Waals surface area contributed by atoms with Gasteiger partial charge >= 0.3 is 0 Å². The maximum atomic E-state index is 11.2. The highest BCUT2D eigenvalue weighted by Gasteiger charge is 2.42. The summed E-state index contributed by atoms with van der Waals surface area (Å²) < 4.78 is 18.7. The summed E-state index contributed by atoms with van der Waals surface area (Å²) in [4.78, 5) is 8.23. The van der Waals surface area contributed by atoms with Crippen LogP contribution in [0.3, 0.4) is 0 Å². The smallest absolute Gasteiger partial charge is 0.230 e. The third-order valence-electron chi connectivity index (χ3n) is 6.13.